The van der Waals surface area contributed by atoms with E-state index in [0.29, 0.717) is 5.56 Å². The lowest BCUT2D eigenvalue weighted by atomic mass is 10.2. The van der Waals surface area contributed by atoms with Crippen LogP contribution in [-0.4, -0.2) is 29.9 Å². The summed E-state index contributed by atoms with van der Waals surface area (Å²) in [6.45, 7) is -1.55. The van der Waals surface area contributed by atoms with Crippen LogP contribution < -0.4 is 11.1 Å². The lowest BCUT2D eigenvalue weighted by molar-refractivity contribution is 0.0118. The van der Waals surface area contributed by atoms with Crippen LogP contribution in [0.15, 0.2) is 23.7 Å². The van der Waals surface area contributed by atoms with Gasteiger partial charge in [-0.1, -0.05) is 0 Å². The molecule has 112 valence electrons. The van der Waals surface area contributed by atoms with Crippen LogP contribution >= 0.6 is 36.2 Å². The molecule has 0 saturated heterocycles. The summed E-state index contributed by atoms with van der Waals surface area (Å²) in [5, 5.41) is 2.16. The van der Waals surface area contributed by atoms with Gasteiger partial charge in [-0.05, 0) is 18.2 Å². The van der Waals surface area contributed by atoms with E-state index in [9.17, 15) is 13.6 Å². The molecule has 20 heavy (non-hydrogen) atoms. The van der Waals surface area contributed by atoms with Crippen molar-refractivity contribution in [2.75, 3.05) is 13.1 Å². The highest BCUT2D eigenvalue weighted by atomic mass is 35.5. The predicted molar refractivity (Wildman–Crippen MR) is 80.5 cm³/mol. The maximum absolute atomic E-state index is 12.9. The van der Waals surface area contributed by atoms with E-state index in [4.69, 9.17) is 5.73 Å². The van der Waals surface area contributed by atoms with Gasteiger partial charge >= 0.3 is 0 Å². The Bertz CT molecular complexity index is 580. The minimum absolute atomic E-state index is 0. The predicted octanol–water partition coefficient (Wildman–Crippen LogP) is 2.46. The molecule has 0 atom stereocenters. The van der Waals surface area contributed by atoms with Gasteiger partial charge in [-0.25, -0.2) is 13.8 Å². The van der Waals surface area contributed by atoms with Crippen LogP contribution in [0.3, 0.4) is 0 Å². The van der Waals surface area contributed by atoms with Gasteiger partial charge in [-0.15, -0.1) is 36.2 Å². The van der Waals surface area contributed by atoms with E-state index < -0.39 is 24.9 Å². The number of nitrogens with zero attached hydrogens (tertiary/aromatic N) is 1. The van der Waals surface area contributed by atoms with Crippen molar-refractivity contribution in [3.63, 3.8) is 0 Å². The standard InChI is InChI=1S/C11H11F2N3OS.2ClH/c12-11(13,4-14)5-15-10(17)7-1-2-8-9(3-7)18-6-16-8;;/h1-3,6H,4-5,14H2,(H,15,17);2*1H. The molecular formula is C11H13Cl2F2N3OS. The summed E-state index contributed by atoms with van der Waals surface area (Å²) >= 11 is 1.39. The molecule has 1 aromatic carbocycles. The summed E-state index contributed by atoms with van der Waals surface area (Å²) in [6, 6.07) is 4.86. The molecule has 2 aromatic rings. The van der Waals surface area contributed by atoms with Gasteiger partial charge in [-0.2, -0.15) is 0 Å². The van der Waals surface area contributed by atoms with Gasteiger partial charge < -0.3 is 11.1 Å². The molecule has 0 bridgehead atoms. The summed E-state index contributed by atoms with van der Waals surface area (Å²) < 4.78 is 26.6. The van der Waals surface area contributed by atoms with Crippen LogP contribution in [0.4, 0.5) is 8.78 Å². The highest BCUT2D eigenvalue weighted by Crippen LogP contribution is 2.19. The highest BCUT2D eigenvalue weighted by molar-refractivity contribution is 7.16. The summed E-state index contributed by atoms with van der Waals surface area (Å²) in [4.78, 5) is 15.7. The normalized spacial score (nSPS) is 10.6. The van der Waals surface area contributed by atoms with Crippen molar-refractivity contribution in [1.82, 2.24) is 10.3 Å². The number of benzene rings is 1. The van der Waals surface area contributed by atoms with Crippen molar-refractivity contribution in [2.45, 2.75) is 5.92 Å². The fourth-order valence-electron chi connectivity index (χ4n) is 1.38. The quantitative estimate of drug-likeness (QED) is 0.895. The first-order chi connectivity index (χ1) is 8.52. The van der Waals surface area contributed by atoms with Crippen molar-refractivity contribution in [3.05, 3.63) is 29.3 Å². The zero-order valence-corrected chi connectivity index (χ0v) is 12.6. The number of nitrogens with one attached hydrogen (secondary N) is 1. The zero-order chi connectivity index (χ0) is 13.2. The number of thiazole rings is 1. The number of nitrogens with two attached hydrogens (primary N) is 1. The number of fused-ring (bicyclic) bond motifs is 1. The van der Waals surface area contributed by atoms with Crippen LogP contribution in [0.2, 0.25) is 0 Å². The molecule has 0 aliphatic carbocycles. The molecule has 0 aliphatic heterocycles. The summed E-state index contributed by atoms with van der Waals surface area (Å²) in [5.74, 6) is -3.62. The van der Waals surface area contributed by atoms with Crippen molar-refractivity contribution in [3.8, 4) is 0 Å². The van der Waals surface area contributed by atoms with Gasteiger partial charge in [0, 0.05) is 5.56 Å². The number of carbonyl (C=O) groups is 1. The van der Waals surface area contributed by atoms with E-state index in [1.807, 2.05) is 0 Å². The minimum Gasteiger partial charge on any atom is -0.346 e. The molecule has 1 heterocycles. The van der Waals surface area contributed by atoms with E-state index in [2.05, 4.69) is 10.3 Å². The molecule has 2 rings (SSSR count). The Balaban J connectivity index is 0.00000180. The first-order valence-electron chi connectivity index (χ1n) is 5.21. The van der Waals surface area contributed by atoms with Crippen molar-refractivity contribution >= 4 is 52.3 Å². The van der Waals surface area contributed by atoms with Crippen molar-refractivity contribution < 1.29 is 13.6 Å². The largest absolute Gasteiger partial charge is 0.346 e. The summed E-state index contributed by atoms with van der Waals surface area (Å²) in [6.07, 6.45) is 0. The third-order valence-corrected chi connectivity index (χ3v) is 3.19. The minimum atomic E-state index is -3.08. The van der Waals surface area contributed by atoms with E-state index in [1.54, 1.807) is 23.7 Å². The van der Waals surface area contributed by atoms with Crippen LogP contribution in [0.25, 0.3) is 10.2 Å². The third kappa shape index (κ3) is 4.52. The molecule has 4 nitrogen and oxygen atoms in total. The zero-order valence-electron chi connectivity index (χ0n) is 10.1. The molecular weight excluding hydrogens is 331 g/mol. The highest BCUT2D eigenvalue weighted by Gasteiger charge is 2.27. The molecule has 1 aromatic heterocycles. The van der Waals surface area contributed by atoms with Gasteiger partial charge in [0.25, 0.3) is 11.8 Å². The average Bonchev–Trinajstić information content (AvgIpc) is 2.83. The van der Waals surface area contributed by atoms with E-state index in [1.165, 1.54) is 11.3 Å². The van der Waals surface area contributed by atoms with E-state index in [-0.39, 0.29) is 24.8 Å². The molecule has 1 amide bonds. The Morgan fingerprint density at radius 2 is 2.10 bits per heavy atom. The average molecular weight is 344 g/mol. The molecule has 0 saturated carbocycles. The molecule has 0 spiro atoms. The van der Waals surface area contributed by atoms with Crippen LogP contribution in [0, 0.1) is 0 Å². The molecule has 0 aliphatic rings. The Morgan fingerprint density at radius 3 is 2.75 bits per heavy atom. The number of amides is 1. The van der Waals surface area contributed by atoms with Crippen molar-refractivity contribution in [1.29, 1.82) is 0 Å². The molecule has 3 N–H and O–H groups in total. The van der Waals surface area contributed by atoms with E-state index >= 15 is 0 Å². The Morgan fingerprint density at radius 1 is 1.40 bits per heavy atom. The maximum atomic E-state index is 12.9. The smallest absolute Gasteiger partial charge is 0.277 e. The fourth-order valence-corrected chi connectivity index (χ4v) is 2.10. The van der Waals surface area contributed by atoms with Crippen LogP contribution in [0.1, 0.15) is 10.4 Å². The fraction of sp³-hybridized carbons (Fsp3) is 0.273. The number of halogens is 4. The third-order valence-electron chi connectivity index (χ3n) is 2.40. The summed E-state index contributed by atoms with van der Waals surface area (Å²) in [7, 11) is 0. The van der Waals surface area contributed by atoms with Crippen molar-refractivity contribution in [2.24, 2.45) is 5.73 Å². The van der Waals surface area contributed by atoms with Gasteiger partial charge in [0.15, 0.2) is 0 Å². The van der Waals surface area contributed by atoms with E-state index in [0.717, 1.165) is 10.2 Å². The maximum Gasteiger partial charge on any atom is 0.277 e. The van der Waals surface area contributed by atoms with Gasteiger partial charge in [-0.3, -0.25) is 4.79 Å². The Hall–Kier alpha value is -1.02. The molecule has 0 unspecified atom stereocenters. The number of hydrogen-bond acceptors (Lipinski definition) is 4. The van der Waals surface area contributed by atoms with Crippen LogP contribution in [0.5, 0.6) is 0 Å². The molecule has 0 radical (unpaired) electrons. The molecule has 0 fully saturated rings. The van der Waals surface area contributed by atoms with Gasteiger partial charge in [0.2, 0.25) is 0 Å². The van der Waals surface area contributed by atoms with Crippen LogP contribution in [-0.2, 0) is 0 Å². The second-order valence-electron chi connectivity index (χ2n) is 3.78. The Labute approximate surface area is 130 Å². The first-order valence-corrected chi connectivity index (χ1v) is 6.09. The van der Waals surface area contributed by atoms with Gasteiger partial charge in [0.1, 0.15) is 0 Å². The lowest BCUT2D eigenvalue weighted by Gasteiger charge is -2.14. The van der Waals surface area contributed by atoms with Gasteiger partial charge in [0.05, 0.1) is 28.8 Å². The number of aromatic nitrogens is 1. The number of carbonyl (C=O) groups excluding carboxylic acids is 1. The number of rotatable bonds is 4. The lowest BCUT2D eigenvalue weighted by Crippen LogP contribution is -2.41. The first kappa shape index (κ1) is 19.0. The second kappa shape index (κ2) is 7.68. The number of hydrogen-bond donors (Lipinski definition) is 2. The second-order valence-corrected chi connectivity index (χ2v) is 4.66. The summed E-state index contributed by atoms with van der Waals surface area (Å²) in [5.41, 5.74) is 7.66. The Kier molecular flexibility index (Phi) is 7.29. The molecule has 9 heteroatoms. The monoisotopic (exact) mass is 343 g/mol. The number of alkyl halides is 2. The SMILES string of the molecule is Cl.Cl.NCC(F)(F)CNC(=O)c1ccc2ncsc2c1. The topological polar surface area (TPSA) is 68.0 Å².